The van der Waals surface area contributed by atoms with Crippen LogP contribution in [0, 0.1) is 12.7 Å². The first kappa shape index (κ1) is 28.3. The molecule has 2 heterocycles. The van der Waals surface area contributed by atoms with E-state index in [0.29, 0.717) is 37.1 Å². The number of aryl methyl sites for hydroxylation is 1. The summed E-state index contributed by atoms with van der Waals surface area (Å²) in [6.07, 6.45) is 1.88. The lowest BCUT2D eigenvalue weighted by molar-refractivity contribution is -0.109. The largest absolute Gasteiger partial charge is 0.505 e. The Hall–Kier alpha value is -4.24. The van der Waals surface area contributed by atoms with Crippen molar-refractivity contribution in [2.24, 2.45) is 0 Å². The van der Waals surface area contributed by atoms with Gasteiger partial charge in [0.05, 0.1) is 12.8 Å². The molecule has 0 radical (unpaired) electrons. The number of rotatable bonds is 10. The number of aromatic amines is 1. The molecule has 0 saturated heterocycles. The van der Waals surface area contributed by atoms with Crippen molar-refractivity contribution in [3.8, 4) is 34.0 Å². The van der Waals surface area contributed by atoms with Gasteiger partial charge in [-0.15, -0.1) is 0 Å². The second kappa shape index (κ2) is 13.9. The van der Waals surface area contributed by atoms with E-state index >= 15 is 0 Å². The molecule has 2 aromatic carbocycles. The second-order valence-electron chi connectivity index (χ2n) is 9.02. The van der Waals surface area contributed by atoms with Gasteiger partial charge in [-0.1, -0.05) is 0 Å². The first-order chi connectivity index (χ1) is 18.3. The first-order valence-electron chi connectivity index (χ1n) is 12.3. The molecule has 4 rings (SSSR count). The summed E-state index contributed by atoms with van der Waals surface area (Å²) in [7, 11) is 5.59. The Morgan fingerprint density at radius 3 is 2.32 bits per heavy atom. The van der Waals surface area contributed by atoms with Crippen LogP contribution in [-0.2, 0) is 17.6 Å². The number of ether oxygens (including phenoxy) is 1. The van der Waals surface area contributed by atoms with Crippen molar-refractivity contribution in [3.05, 3.63) is 83.4 Å². The maximum atomic E-state index is 13.1. The molecule has 0 aliphatic carbocycles. The molecule has 8 nitrogen and oxygen atoms in total. The summed E-state index contributed by atoms with van der Waals surface area (Å²) in [5.41, 5.74) is 5.78. The summed E-state index contributed by atoms with van der Waals surface area (Å²) < 4.78 is 18.2. The third-order valence-electron chi connectivity index (χ3n) is 5.77. The average molecular weight is 520 g/mol. The maximum absolute atomic E-state index is 13.1. The molecular formula is C29H34FN5O3. The van der Waals surface area contributed by atoms with E-state index in [9.17, 15) is 14.3 Å². The van der Waals surface area contributed by atoms with Crippen LogP contribution in [0.3, 0.4) is 0 Å². The van der Waals surface area contributed by atoms with Crippen molar-refractivity contribution < 1.29 is 19.0 Å². The molecule has 0 atom stereocenters. The molecular weight excluding hydrogens is 485 g/mol. The number of aromatic nitrogens is 3. The van der Waals surface area contributed by atoms with Crippen molar-refractivity contribution >= 4 is 6.41 Å². The summed E-state index contributed by atoms with van der Waals surface area (Å²) in [6, 6.07) is 17.6. The van der Waals surface area contributed by atoms with Crippen LogP contribution in [0.1, 0.15) is 17.0 Å². The zero-order chi connectivity index (χ0) is 27.5. The number of halogens is 1. The minimum Gasteiger partial charge on any atom is -0.505 e. The number of hydrogen-bond acceptors (Lipinski definition) is 6. The Kier molecular flexibility index (Phi) is 10.4. The summed E-state index contributed by atoms with van der Waals surface area (Å²) in [6.45, 7) is 3.24. The number of aromatic hydroxyl groups is 1. The summed E-state index contributed by atoms with van der Waals surface area (Å²) in [4.78, 5) is 16.9. The van der Waals surface area contributed by atoms with Gasteiger partial charge in [-0.2, -0.15) is 5.10 Å². The molecule has 0 bridgehead atoms. The second-order valence-corrected chi connectivity index (χ2v) is 9.02. The normalized spacial score (nSPS) is 10.6. The standard InChI is InChI=1S/C18H22FN3O2.C11H12N2O/c1-22(2)10-8-14-11-16(7-9-20-12-23)21-17(18(14)24)13-3-5-15(19)6-4-13;1-8-7-11(13-12-8)9-3-5-10(14-2)6-4-9/h3-6,11-12,24H,7-10H2,1-2H3,(H,20,23);3-7H,1-2H3,(H,12,13). The Morgan fingerprint density at radius 1 is 1.05 bits per heavy atom. The number of amides is 1. The number of likely N-dealkylation sites (N-methyl/N-ethyl adjacent to an activating group) is 1. The van der Waals surface area contributed by atoms with Crippen LogP contribution in [0.25, 0.3) is 22.5 Å². The quantitative estimate of drug-likeness (QED) is 0.212. The number of nitrogens with one attached hydrogen (secondary N) is 2. The number of hydrogen-bond donors (Lipinski definition) is 3. The number of nitrogens with zero attached hydrogens (tertiary/aromatic N) is 3. The highest BCUT2D eigenvalue weighted by Crippen LogP contribution is 2.32. The lowest BCUT2D eigenvalue weighted by Crippen LogP contribution is -2.17. The Labute approximate surface area is 222 Å². The fourth-order valence-electron chi connectivity index (χ4n) is 3.71. The van der Waals surface area contributed by atoms with E-state index in [4.69, 9.17) is 4.74 Å². The first-order valence-corrected chi connectivity index (χ1v) is 12.3. The lowest BCUT2D eigenvalue weighted by Gasteiger charge is -2.15. The highest BCUT2D eigenvalue weighted by molar-refractivity contribution is 5.68. The molecule has 0 fully saturated rings. The van der Waals surface area contributed by atoms with Gasteiger partial charge in [0.15, 0.2) is 0 Å². The van der Waals surface area contributed by atoms with Crippen LogP contribution in [0.15, 0.2) is 60.7 Å². The van der Waals surface area contributed by atoms with E-state index in [2.05, 4.69) is 20.5 Å². The number of pyridine rings is 1. The van der Waals surface area contributed by atoms with Crippen LogP contribution in [0.5, 0.6) is 11.5 Å². The van der Waals surface area contributed by atoms with Crippen LogP contribution in [-0.4, -0.2) is 65.9 Å². The van der Waals surface area contributed by atoms with Gasteiger partial charge < -0.3 is 20.1 Å². The minimum atomic E-state index is -0.336. The SMILES string of the molecule is CN(C)CCc1cc(CCNC=O)nc(-c2ccc(F)cc2)c1O.COc1ccc(-c2cc(C)[nH]n2)cc1. The number of benzene rings is 2. The van der Waals surface area contributed by atoms with Crippen LogP contribution < -0.4 is 10.1 Å². The summed E-state index contributed by atoms with van der Waals surface area (Å²) in [5.74, 6) is 0.647. The predicted molar refractivity (Wildman–Crippen MR) is 147 cm³/mol. The minimum absolute atomic E-state index is 0.121. The van der Waals surface area contributed by atoms with Crippen molar-refractivity contribution in [2.75, 3.05) is 34.3 Å². The van der Waals surface area contributed by atoms with Crippen molar-refractivity contribution in [1.82, 2.24) is 25.4 Å². The van der Waals surface area contributed by atoms with Crippen LogP contribution in [0.2, 0.25) is 0 Å². The van der Waals surface area contributed by atoms with Gasteiger partial charge in [-0.3, -0.25) is 9.89 Å². The molecule has 2 aromatic heterocycles. The molecule has 0 spiro atoms. The molecule has 0 saturated carbocycles. The molecule has 0 aliphatic rings. The molecule has 0 aliphatic heterocycles. The van der Waals surface area contributed by atoms with Crippen molar-refractivity contribution in [2.45, 2.75) is 19.8 Å². The van der Waals surface area contributed by atoms with Gasteiger partial charge in [0.25, 0.3) is 0 Å². The van der Waals surface area contributed by atoms with Crippen LogP contribution >= 0.6 is 0 Å². The van der Waals surface area contributed by atoms with Gasteiger partial charge in [-0.05, 0) is 93.7 Å². The monoisotopic (exact) mass is 519 g/mol. The van der Waals surface area contributed by atoms with E-state index in [0.717, 1.165) is 40.5 Å². The van der Waals surface area contributed by atoms with Gasteiger partial charge in [-0.25, -0.2) is 9.37 Å². The van der Waals surface area contributed by atoms with E-state index in [-0.39, 0.29) is 11.6 Å². The zero-order valence-electron chi connectivity index (χ0n) is 22.2. The predicted octanol–water partition coefficient (Wildman–Crippen LogP) is 4.38. The van der Waals surface area contributed by atoms with Crippen molar-refractivity contribution in [1.29, 1.82) is 0 Å². The van der Waals surface area contributed by atoms with E-state index in [1.807, 2.05) is 62.3 Å². The Bertz CT molecular complexity index is 1310. The molecule has 9 heteroatoms. The number of carbonyl (C=O) groups is 1. The molecule has 3 N–H and O–H groups in total. The molecule has 4 aromatic rings. The van der Waals surface area contributed by atoms with E-state index < -0.39 is 0 Å². The topological polar surface area (TPSA) is 103 Å². The third kappa shape index (κ3) is 8.14. The Balaban J connectivity index is 0.000000241. The van der Waals surface area contributed by atoms with Crippen molar-refractivity contribution in [3.63, 3.8) is 0 Å². The lowest BCUT2D eigenvalue weighted by atomic mass is 10.0. The fourth-order valence-corrected chi connectivity index (χ4v) is 3.71. The van der Waals surface area contributed by atoms with Gasteiger partial charge in [0.2, 0.25) is 6.41 Å². The number of H-pyrrole nitrogens is 1. The zero-order valence-corrected chi connectivity index (χ0v) is 22.2. The fraction of sp³-hybridized carbons (Fsp3) is 0.276. The van der Waals surface area contributed by atoms with Gasteiger partial charge >= 0.3 is 0 Å². The number of carbonyl (C=O) groups excluding carboxylic acids is 1. The highest BCUT2D eigenvalue weighted by Gasteiger charge is 2.14. The average Bonchev–Trinajstić information content (AvgIpc) is 3.36. The summed E-state index contributed by atoms with van der Waals surface area (Å²) >= 11 is 0. The molecule has 1 amide bonds. The van der Waals surface area contributed by atoms with Gasteiger partial charge in [0.1, 0.15) is 23.0 Å². The molecule has 38 heavy (non-hydrogen) atoms. The maximum Gasteiger partial charge on any atom is 0.207 e. The van der Waals surface area contributed by atoms with E-state index in [1.54, 1.807) is 19.2 Å². The molecule has 0 unspecified atom stereocenters. The number of methoxy groups -OCH3 is 1. The summed E-state index contributed by atoms with van der Waals surface area (Å²) in [5, 5.41) is 20.3. The Morgan fingerprint density at radius 2 is 1.74 bits per heavy atom. The van der Waals surface area contributed by atoms with Crippen LogP contribution in [0.4, 0.5) is 4.39 Å². The highest BCUT2D eigenvalue weighted by atomic mass is 19.1. The van der Waals surface area contributed by atoms with Gasteiger partial charge in [0, 0.05) is 42.0 Å². The molecule has 200 valence electrons. The smallest absolute Gasteiger partial charge is 0.207 e. The third-order valence-corrected chi connectivity index (χ3v) is 5.77. The van der Waals surface area contributed by atoms with E-state index in [1.165, 1.54) is 12.1 Å².